The Morgan fingerprint density at radius 2 is 2.33 bits per heavy atom. The Kier molecular flexibility index (Phi) is 5.71. The van der Waals surface area contributed by atoms with Gasteiger partial charge in [-0.2, -0.15) is 16.9 Å². The molecule has 0 bridgehead atoms. The maximum Gasteiger partial charge on any atom is 0.0701 e. The summed E-state index contributed by atoms with van der Waals surface area (Å²) in [6.07, 6.45) is 3.02. The van der Waals surface area contributed by atoms with Gasteiger partial charge < -0.3 is 5.73 Å². The lowest BCUT2D eigenvalue weighted by Crippen LogP contribution is -2.18. The first-order valence-corrected chi connectivity index (χ1v) is 7.20. The summed E-state index contributed by atoms with van der Waals surface area (Å²) < 4.78 is 2.98. The first kappa shape index (κ1) is 13.1. The summed E-state index contributed by atoms with van der Waals surface area (Å²) in [5, 5.41) is 4.26. The van der Waals surface area contributed by atoms with Crippen molar-refractivity contribution < 1.29 is 0 Å². The van der Waals surface area contributed by atoms with Gasteiger partial charge in [-0.1, -0.05) is 6.92 Å². The molecule has 1 unspecified atom stereocenters. The number of halogens is 1. The van der Waals surface area contributed by atoms with Crippen LogP contribution < -0.4 is 5.73 Å². The molecule has 1 rings (SSSR count). The highest BCUT2D eigenvalue weighted by molar-refractivity contribution is 9.10. The van der Waals surface area contributed by atoms with Crippen LogP contribution in [0.25, 0.3) is 0 Å². The van der Waals surface area contributed by atoms with Crippen LogP contribution in [0, 0.1) is 0 Å². The smallest absolute Gasteiger partial charge is 0.0701 e. The summed E-state index contributed by atoms with van der Waals surface area (Å²) in [6.45, 7) is 5.13. The fourth-order valence-corrected chi connectivity index (χ4v) is 2.88. The van der Waals surface area contributed by atoms with Crippen LogP contribution in [-0.2, 0) is 6.54 Å². The SMILES string of the molecule is CCCSCC(N)c1c(Br)cnn1CC. The van der Waals surface area contributed by atoms with Crippen molar-refractivity contribution in [1.29, 1.82) is 0 Å². The van der Waals surface area contributed by atoms with Crippen LogP contribution in [0.5, 0.6) is 0 Å². The molecule has 1 aromatic heterocycles. The Balaban J connectivity index is 2.63. The van der Waals surface area contributed by atoms with E-state index >= 15 is 0 Å². The van der Waals surface area contributed by atoms with Crippen LogP contribution in [0.1, 0.15) is 32.0 Å². The highest BCUT2D eigenvalue weighted by Crippen LogP contribution is 2.24. The van der Waals surface area contributed by atoms with Crippen molar-refractivity contribution in [3.05, 3.63) is 16.4 Å². The Labute approximate surface area is 104 Å². The van der Waals surface area contributed by atoms with E-state index in [2.05, 4.69) is 34.9 Å². The highest BCUT2D eigenvalue weighted by Gasteiger charge is 2.15. The van der Waals surface area contributed by atoms with Crippen molar-refractivity contribution in [2.45, 2.75) is 32.9 Å². The predicted molar refractivity (Wildman–Crippen MR) is 70.1 cm³/mol. The molecule has 2 N–H and O–H groups in total. The van der Waals surface area contributed by atoms with Gasteiger partial charge in [0.05, 0.1) is 22.4 Å². The molecule has 0 aliphatic rings. The van der Waals surface area contributed by atoms with E-state index in [0.29, 0.717) is 0 Å². The van der Waals surface area contributed by atoms with Gasteiger partial charge in [0.25, 0.3) is 0 Å². The van der Waals surface area contributed by atoms with Crippen molar-refractivity contribution >= 4 is 27.7 Å². The topological polar surface area (TPSA) is 43.8 Å². The van der Waals surface area contributed by atoms with Gasteiger partial charge in [-0.15, -0.1) is 0 Å². The Hall–Kier alpha value is 0. The van der Waals surface area contributed by atoms with Crippen LogP contribution in [0.3, 0.4) is 0 Å². The summed E-state index contributed by atoms with van der Waals surface area (Å²) in [4.78, 5) is 0. The van der Waals surface area contributed by atoms with Crippen LogP contribution in [0.4, 0.5) is 0 Å². The molecule has 15 heavy (non-hydrogen) atoms. The quantitative estimate of drug-likeness (QED) is 0.820. The van der Waals surface area contributed by atoms with E-state index < -0.39 is 0 Å². The molecular weight excluding hydrogens is 274 g/mol. The molecule has 0 radical (unpaired) electrons. The van der Waals surface area contributed by atoms with Crippen LogP contribution >= 0.6 is 27.7 Å². The van der Waals surface area contributed by atoms with Crippen molar-refractivity contribution in [2.24, 2.45) is 5.73 Å². The van der Waals surface area contributed by atoms with Crippen molar-refractivity contribution in [3.63, 3.8) is 0 Å². The normalized spacial score (nSPS) is 13.1. The largest absolute Gasteiger partial charge is 0.322 e. The molecule has 3 nitrogen and oxygen atoms in total. The predicted octanol–water partition coefficient (Wildman–Crippen LogP) is 2.81. The standard InChI is InChI=1S/C10H18BrN3S/c1-3-5-15-7-9(12)10-8(11)6-13-14(10)4-2/h6,9H,3-5,7,12H2,1-2H3. The van der Waals surface area contributed by atoms with E-state index in [1.54, 1.807) is 0 Å². The van der Waals surface area contributed by atoms with E-state index in [4.69, 9.17) is 5.73 Å². The number of hydrogen-bond donors (Lipinski definition) is 1. The maximum atomic E-state index is 6.15. The van der Waals surface area contributed by atoms with E-state index in [1.165, 1.54) is 12.2 Å². The maximum absolute atomic E-state index is 6.15. The molecule has 1 aromatic rings. The van der Waals surface area contributed by atoms with Gasteiger partial charge in [-0.25, -0.2) is 0 Å². The molecule has 0 saturated carbocycles. The molecule has 0 amide bonds. The summed E-state index contributed by atoms with van der Waals surface area (Å²) in [5.74, 6) is 2.13. The van der Waals surface area contributed by atoms with Gasteiger partial charge in [0.1, 0.15) is 0 Å². The average Bonchev–Trinajstić information content (AvgIpc) is 2.59. The lowest BCUT2D eigenvalue weighted by atomic mass is 10.2. The average molecular weight is 292 g/mol. The summed E-state index contributed by atoms with van der Waals surface area (Å²) in [6, 6.07) is 0.0679. The Morgan fingerprint density at radius 1 is 1.60 bits per heavy atom. The monoisotopic (exact) mass is 291 g/mol. The van der Waals surface area contributed by atoms with E-state index in [-0.39, 0.29) is 6.04 Å². The number of nitrogens with zero attached hydrogens (tertiary/aromatic N) is 2. The van der Waals surface area contributed by atoms with E-state index in [9.17, 15) is 0 Å². The number of nitrogens with two attached hydrogens (primary N) is 1. The third kappa shape index (κ3) is 3.50. The number of hydrogen-bond acceptors (Lipinski definition) is 3. The lowest BCUT2D eigenvalue weighted by Gasteiger charge is -2.13. The van der Waals surface area contributed by atoms with E-state index in [0.717, 1.165) is 22.5 Å². The molecule has 0 saturated heterocycles. The molecular formula is C10H18BrN3S. The van der Waals surface area contributed by atoms with E-state index in [1.807, 2.05) is 22.6 Å². The van der Waals surface area contributed by atoms with Gasteiger partial charge in [-0.3, -0.25) is 4.68 Å². The fourth-order valence-electron chi connectivity index (χ4n) is 1.43. The fraction of sp³-hybridized carbons (Fsp3) is 0.700. The molecule has 1 atom stereocenters. The minimum absolute atomic E-state index is 0.0679. The zero-order valence-electron chi connectivity index (χ0n) is 9.24. The molecule has 0 aliphatic heterocycles. The highest BCUT2D eigenvalue weighted by atomic mass is 79.9. The second kappa shape index (κ2) is 6.55. The molecule has 0 aromatic carbocycles. The zero-order chi connectivity index (χ0) is 11.3. The van der Waals surface area contributed by atoms with Gasteiger partial charge >= 0.3 is 0 Å². The molecule has 0 aliphatic carbocycles. The number of rotatable bonds is 6. The zero-order valence-corrected chi connectivity index (χ0v) is 11.6. The van der Waals surface area contributed by atoms with Gasteiger partial charge in [0, 0.05) is 12.3 Å². The molecule has 0 fully saturated rings. The van der Waals surface area contributed by atoms with Crippen LogP contribution in [-0.4, -0.2) is 21.3 Å². The Morgan fingerprint density at radius 3 is 2.93 bits per heavy atom. The second-order valence-electron chi connectivity index (χ2n) is 3.37. The van der Waals surface area contributed by atoms with Crippen LogP contribution in [0.15, 0.2) is 10.7 Å². The lowest BCUT2D eigenvalue weighted by molar-refractivity contribution is 0.591. The summed E-state index contributed by atoms with van der Waals surface area (Å²) in [7, 11) is 0. The van der Waals surface area contributed by atoms with Crippen molar-refractivity contribution in [2.75, 3.05) is 11.5 Å². The number of aromatic nitrogens is 2. The minimum Gasteiger partial charge on any atom is -0.322 e. The van der Waals surface area contributed by atoms with Gasteiger partial charge in [0.15, 0.2) is 0 Å². The second-order valence-corrected chi connectivity index (χ2v) is 5.38. The first-order valence-electron chi connectivity index (χ1n) is 5.25. The first-order chi connectivity index (χ1) is 7.20. The molecule has 1 heterocycles. The summed E-state index contributed by atoms with van der Waals surface area (Å²) in [5.41, 5.74) is 7.26. The van der Waals surface area contributed by atoms with Crippen molar-refractivity contribution in [3.8, 4) is 0 Å². The van der Waals surface area contributed by atoms with Crippen molar-refractivity contribution in [1.82, 2.24) is 9.78 Å². The number of thioether (sulfide) groups is 1. The van der Waals surface area contributed by atoms with Gasteiger partial charge in [-0.05, 0) is 35.0 Å². The molecule has 0 spiro atoms. The summed E-state index contributed by atoms with van der Waals surface area (Å²) >= 11 is 5.40. The molecule has 86 valence electrons. The third-order valence-electron chi connectivity index (χ3n) is 2.13. The number of aryl methyl sites for hydroxylation is 1. The minimum atomic E-state index is 0.0679. The molecule has 5 heteroatoms. The van der Waals surface area contributed by atoms with Gasteiger partial charge in [0.2, 0.25) is 0 Å². The van der Waals surface area contributed by atoms with Crippen LogP contribution in [0.2, 0.25) is 0 Å². The Bertz CT molecular complexity index is 301. The third-order valence-corrected chi connectivity index (χ3v) is 4.03.